The van der Waals surface area contributed by atoms with Gasteiger partial charge < -0.3 is 16.0 Å². The molecule has 1 aromatic heterocycles. The maximum absolute atomic E-state index is 13.1. The number of rotatable bonds is 5. The molecule has 4 rings (SSSR count). The van der Waals surface area contributed by atoms with E-state index in [4.69, 9.17) is 5.73 Å². The molecule has 1 aliphatic heterocycles. The number of nitrogens with two attached hydrogens (primary N) is 1. The molecule has 3 aromatic rings. The predicted molar refractivity (Wildman–Crippen MR) is 114 cm³/mol. The number of nitrogens with zero attached hydrogens (tertiary/aromatic N) is 3. The van der Waals surface area contributed by atoms with Gasteiger partial charge in [-0.05, 0) is 55.7 Å². The van der Waals surface area contributed by atoms with E-state index < -0.39 is 11.7 Å². The highest BCUT2D eigenvalue weighted by Crippen LogP contribution is 2.33. The number of carbonyl (C=O) groups is 1. The lowest BCUT2D eigenvalue weighted by Gasteiger charge is -2.21. The second kappa shape index (κ2) is 8.05. The lowest BCUT2D eigenvalue weighted by molar-refractivity contribution is -0.137. The molecular weight excluding hydrogens is 407 g/mol. The molecule has 0 atom stereocenters. The van der Waals surface area contributed by atoms with E-state index in [1.807, 2.05) is 6.07 Å². The van der Waals surface area contributed by atoms with Gasteiger partial charge >= 0.3 is 6.18 Å². The topological polar surface area (TPSA) is 84.1 Å². The van der Waals surface area contributed by atoms with Crippen molar-refractivity contribution in [3.8, 4) is 0 Å². The van der Waals surface area contributed by atoms with Crippen molar-refractivity contribution in [2.75, 3.05) is 29.0 Å². The van der Waals surface area contributed by atoms with Gasteiger partial charge in [0.15, 0.2) is 6.29 Å². The van der Waals surface area contributed by atoms with E-state index in [-0.39, 0.29) is 12.2 Å². The van der Waals surface area contributed by atoms with Crippen LogP contribution in [0.5, 0.6) is 0 Å². The van der Waals surface area contributed by atoms with Crippen molar-refractivity contribution in [3.05, 3.63) is 52.8 Å². The Morgan fingerprint density at radius 2 is 1.87 bits per heavy atom. The number of aldehydes is 1. The summed E-state index contributed by atoms with van der Waals surface area (Å²) in [4.78, 5) is 22.7. The summed E-state index contributed by atoms with van der Waals surface area (Å²) in [7, 11) is 0. The summed E-state index contributed by atoms with van der Waals surface area (Å²) in [5.41, 5.74) is 7.29. The Bertz CT molecular complexity index is 1140. The highest BCUT2D eigenvalue weighted by atomic mass is 19.4. The van der Waals surface area contributed by atoms with Crippen molar-refractivity contribution >= 4 is 34.4 Å². The number of nitrogen functional groups attached to an aromatic ring is 1. The van der Waals surface area contributed by atoms with Crippen LogP contribution in [0, 0.1) is 6.92 Å². The van der Waals surface area contributed by atoms with Gasteiger partial charge in [-0.15, -0.1) is 0 Å². The number of benzene rings is 2. The second-order valence-electron chi connectivity index (χ2n) is 7.67. The Kier molecular flexibility index (Phi) is 5.43. The number of carbonyl (C=O) groups excluding carboxylic acids is 1. The molecule has 162 valence electrons. The minimum absolute atomic E-state index is 0.0438. The van der Waals surface area contributed by atoms with Gasteiger partial charge in [0, 0.05) is 42.0 Å². The standard InChI is InChI=1S/C22H22F3N5O/c1-13-28-19-8-15(12-31)20(30-4-2-3-5-30)10-18(19)21(29-13)27-11-14-6-16(22(23,24)25)9-17(26)7-14/h6-10,12H,2-5,11,26H2,1H3,(H,27,28,29). The van der Waals surface area contributed by atoms with Gasteiger partial charge in [-0.3, -0.25) is 4.79 Å². The van der Waals surface area contributed by atoms with Crippen molar-refractivity contribution in [2.45, 2.75) is 32.5 Å². The molecule has 31 heavy (non-hydrogen) atoms. The molecule has 0 aliphatic carbocycles. The average molecular weight is 429 g/mol. The van der Waals surface area contributed by atoms with Crippen LogP contribution in [0.2, 0.25) is 0 Å². The second-order valence-corrected chi connectivity index (χ2v) is 7.67. The zero-order valence-corrected chi connectivity index (χ0v) is 17.0. The third kappa shape index (κ3) is 4.40. The number of alkyl halides is 3. The van der Waals surface area contributed by atoms with Crippen LogP contribution in [-0.2, 0) is 12.7 Å². The van der Waals surface area contributed by atoms with Gasteiger partial charge in [0.05, 0.1) is 11.1 Å². The van der Waals surface area contributed by atoms with E-state index in [1.165, 1.54) is 6.07 Å². The zero-order valence-electron chi connectivity index (χ0n) is 17.0. The minimum Gasteiger partial charge on any atom is -0.399 e. The number of nitrogens with one attached hydrogen (secondary N) is 1. The third-order valence-corrected chi connectivity index (χ3v) is 5.33. The van der Waals surface area contributed by atoms with E-state index in [2.05, 4.69) is 20.2 Å². The van der Waals surface area contributed by atoms with Crippen LogP contribution in [0.4, 0.5) is 30.4 Å². The summed E-state index contributed by atoms with van der Waals surface area (Å²) in [6.45, 7) is 3.56. The molecule has 0 radical (unpaired) electrons. The first-order valence-electron chi connectivity index (χ1n) is 9.97. The molecule has 0 bridgehead atoms. The van der Waals surface area contributed by atoms with Crippen molar-refractivity contribution in [2.24, 2.45) is 0 Å². The molecule has 2 aromatic carbocycles. The summed E-state index contributed by atoms with van der Waals surface area (Å²) >= 11 is 0. The van der Waals surface area contributed by atoms with Gasteiger partial charge in [-0.1, -0.05) is 0 Å². The number of hydrogen-bond donors (Lipinski definition) is 2. The average Bonchev–Trinajstić information content (AvgIpc) is 3.24. The lowest BCUT2D eigenvalue weighted by Crippen LogP contribution is -2.19. The maximum Gasteiger partial charge on any atom is 0.416 e. The smallest absolute Gasteiger partial charge is 0.399 e. The summed E-state index contributed by atoms with van der Waals surface area (Å²) in [5, 5.41) is 3.83. The van der Waals surface area contributed by atoms with Crippen LogP contribution in [-0.4, -0.2) is 29.3 Å². The number of aromatic nitrogens is 2. The molecule has 1 aliphatic rings. The number of fused-ring (bicyclic) bond motifs is 1. The first-order chi connectivity index (χ1) is 14.7. The fourth-order valence-electron chi connectivity index (χ4n) is 3.93. The predicted octanol–water partition coefficient (Wildman–Crippen LogP) is 4.56. The highest BCUT2D eigenvalue weighted by Gasteiger charge is 2.31. The first-order valence-corrected chi connectivity index (χ1v) is 9.97. The van der Waals surface area contributed by atoms with E-state index in [0.29, 0.717) is 33.7 Å². The zero-order chi connectivity index (χ0) is 22.2. The molecule has 0 saturated carbocycles. The van der Waals surface area contributed by atoms with E-state index in [0.717, 1.165) is 50.0 Å². The normalized spacial score (nSPS) is 14.3. The number of halogens is 3. The molecule has 0 spiro atoms. The monoisotopic (exact) mass is 429 g/mol. The molecular formula is C22H22F3N5O. The molecule has 0 unspecified atom stereocenters. The third-order valence-electron chi connectivity index (χ3n) is 5.33. The lowest BCUT2D eigenvalue weighted by atomic mass is 10.1. The van der Waals surface area contributed by atoms with Crippen molar-refractivity contribution in [1.82, 2.24) is 9.97 Å². The Hall–Kier alpha value is -3.36. The SMILES string of the molecule is Cc1nc(NCc2cc(N)cc(C(F)(F)F)c2)c2cc(N3CCCC3)c(C=O)cc2n1. The summed E-state index contributed by atoms with van der Waals surface area (Å²) < 4.78 is 39.3. The van der Waals surface area contributed by atoms with E-state index >= 15 is 0 Å². The van der Waals surface area contributed by atoms with Crippen LogP contribution in [0.25, 0.3) is 10.9 Å². The number of hydrogen-bond acceptors (Lipinski definition) is 6. The highest BCUT2D eigenvalue weighted by molar-refractivity contribution is 5.98. The van der Waals surface area contributed by atoms with Crippen LogP contribution in [0.1, 0.15) is 40.2 Å². The Morgan fingerprint density at radius 3 is 2.55 bits per heavy atom. The largest absolute Gasteiger partial charge is 0.416 e. The van der Waals surface area contributed by atoms with Gasteiger partial charge in [0.2, 0.25) is 0 Å². The quantitative estimate of drug-likeness (QED) is 0.457. The molecule has 1 saturated heterocycles. The van der Waals surface area contributed by atoms with Gasteiger partial charge in [-0.25, -0.2) is 9.97 Å². The molecule has 3 N–H and O–H groups in total. The van der Waals surface area contributed by atoms with Crippen LogP contribution >= 0.6 is 0 Å². The van der Waals surface area contributed by atoms with E-state index in [1.54, 1.807) is 13.0 Å². The van der Waals surface area contributed by atoms with Crippen molar-refractivity contribution < 1.29 is 18.0 Å². The fourth-order valence-corrected chi connectivity index (χ4v) is 3.93. The fraction of sp³-hybridized carbons (Fsp3) is 0.318. The summed E-state index contributed by atoms with van der Waals surface area (Å²) in [6.07, 6.45) is -1.53. The number of anilines is 3. The van der Waals surface area contributed by atoms with Crippen molar-refractivity contribution in [3.63, 3.8) is 0 Å². The van der Waals surface area contributed by atoms with Crippen LogP contribution in [0.3, 0.4) is 0 Å². The first kappa shape index (κ1) is 20.9. The molecule has 0 amide bonds. The Balaban J connectivity index is 1.71. The molecule has 6 nitrogen and oxygen atoms in total. The van der Waals surface area contributed by atoms with Crippen LogP contribution < -0.4 is 16.0 Å². The number of aryl methyl sites for hydroxylation is 1. The molecule has 2 heterocycles. The molecule has 1 fully saturated rings. The van der Waals surface area contributed by atoms with E-state index in [9.17, 15) is 18.0 Å². The maximum atomic E-state index is 13.1. The van der Waals surface area contributed by atoms with Crippen LogP contribution in [0.15, 0.2) is 30.3 Å². The summed E-state index contributed by atoms with van der Waals surface area (Å²) in [6, 6.07) is 7.10. The Morgan fingerprint density at radius 1 is 1.13 bits per heavy atom. The Labute approximate surface area is 177 Å². The van der Waals surface area contributed by atoms with Gasteiger partial charge in [-0.2, -0.15) is 13.2 Å². The molecule has 9 heteroatoms. The van der Waals surface area contributed by atoms with Gasteiger partial charge in [0.1, 0.15) is 11.6 Å². The minimum atomic E-state index is -4.47. The van der Waals surface area contributed by atoms with Crippen molar-refractivity contribution in [1.29, 1.82) is 0 Å². The van der Waals surface area contributed by atoms with Gasteiger partial charge in [0.25, 0.3) is 0 Å². The summed E-state index contributed by atoms with van der Waals surface area (Å²) in [5.74, 6) is 0.987.